The number of hydrogen-bond donors (Lipinski definition) is 1. The van der Waals surface area contributed by atoms with Gasteiger partial charge in [-0.1, -0.05) is 11.6 Å². The number of pyridine rings is 1. The lowest BCUT2D eigenvalue weighted by Gasteiger charge is -2.04. The molecule has 2 heterocycles. The summed E-state index contributed by atoms with van der Waals surface area (Å²) in [6.45, 7) is 2.91. The molecule has 2 rings (SSSR count). The molecule has 2 aromatic heterocycles. The molecule has 2 aromatic rings. The number of nitrogens with zero attached hydrogens (tertiary/aromatic N) is 3. The lowest BCUT2D eigenvalue weighted by molar-refractivity contribution is 0.199. The SMILES string of the molecule is COCCNCc1ccn(Cc2ccncc2Cl)n1. The standard InChI is InChI=1S/C13H17ClN4O/c1-19-7-5-16-8-12-3-6-18(17-12)10-11-2-4-15-9-13(11)14/h2-4,6,9,16H,5,7-8,10H2,1H3. The Morgan fingerprint density at radius 3 is 3.11 bits per heavy atom. The average molecular weight is 281 g/mol. The lowest BCUT2D eigenvalue weighted by Crippen LogP contribution is -2.19. The van der Waals surface area contributed by atoms with Crippen molar-refractivity contribution in [3.63, 3.8) is 0 Å². The number of ether oxygens (including phenoxy) is 1. The van der Waals surface area contributed by atoms with Crippen LogP contribution in [0.1, 0.15) is 11.3 Å². The topological polar surface area (TPSA) is 52.0 Å². The predicted molar refractivity (Wildman–Crippen MR) is 74.2 cm³/mol. The molecular formula is C13H17ClN4O. The molecule has 1 N–H and O–H groups in total. The largest absolute Gasteiger partial charge is 0.383 e. The fourth-order valence-corrected chi connectivity index (χ4v) is 1.86. The highest BCUT2D eigenvalue weighted by atomic mass is 35.5. The second-order valence-corrected chi connectivity index (χ2v) is 4.55. The van der Waals surface area contributed by atoms with Crippen molar-refractivity contribution < 1.29 is 4.74 Å². The van der Waals surface area contributed by atoms with Gasteiger partial charge in [0.2, 0.25) is 0 Å². The number of hydrogen-bond acceptors (Lipinski definition) is 4. The van der Waals surface area contributed by atoms with Gasteiger partial charge in [0.25, 0.3) is 0 Å². The van der Waals surface area contributed by atoms with Crippen LogP contribution in [0.4, 0.5) is 0 Å². The van der Waals surface area contributed by atoms with E-state index in [0.717, 1.165) is 24.3 Å². The van der Waals surface area contributed by atoms with E-state index in [4.69, 9.17) is 16.3 Å². The summed E-state index contributed by atoms with van der Waals surface area (Å²) in [4.78, 5) is 3.97. The maximum Gasteiger partial charge on any atom is 0.0762 e. The molecular weight excluding hydrogens is 264 g/mol. The fraction of sp³-hybridized carbons (Fsp3) is 0.385. The second kappa shape index (κ2) is 7.23. The minimum absolute atomic E-state index is 0.652. The number of methoxy groups -OCH3 is 1. The summed E-state index contributed by atoms with van der Waals surface area (Å²) in [5, 5.41) is 8.40. The minimum atomic E-state index is 0.652. The van der Waals surface area contributed by atoms with Crippen molar-refractivity contribution in [2.24, 2.45) is 0 Å². The van der Waals surface area contributed by atoms with Gasteiger partial charge in [-0.25, -0.2) is 0 Å². The first-order valence-corrected chi connectivity index (χ1v) is 6.48. The van der Waals surface area contributed by atoms with Crippen LogP contribution in [0, 0.1) is 0 Å². The summed E-state index contributed by atoms with van der Waals surface area (Å²) in [5.74, 6) is 0. The number of halogens is 1. The van der Waals surface area contributed by atoms with Crippen molar-refractivity contribution in [3.05, 3.63) is 47.0 Å². The summed E-state index contributed by atoms with van der Waals surface area (Å²) in [6.07, 6.45) is 5.33. The fourth-order valence-electron chi connectivity index (χ4n) is 1.68. The third kappa shape index (κ3) is 4.31. The van der Waals surface area contributed by atoms with Gasteiger partial charge in [-0.05, 0) is 17.7 Å². The Balaban J connectivity index is 1.89. The molecule has 0 spiro atoms. The van der Waals surface area contributed by atoms with Crippen molar-refractivity contribution in [2.75, 3.05) is 20.3 Å². The minimum Gasteiger partial charge on any atom is -0.383 e. The van der Waals surface area contributed by atoms with Crippen molar-refractivity contribution in [3.8, 4) is 0 Å². The molecule has 0 unspecified atom stereocenters. The van der Waals surface area contributed by atoms with Crippen LogP contribution in [0.2, 0.25) is 5.02 Å². The van der Waals surface area contributed by atoms with Crippen LogP contribution < -0.4 is 5.32 Å². The first-order valence-electron chi connectivity index (χ1n) is 6.10. The van der Waals surface area contributed by atoms with E-state index in [0.29, 0.717) is 18.2 Å². The van der Waals surface area contributed by atoms with E-state index in [2.05, 4.69) is 15.4 Å². The summed E-state index contributed by atoms with van der Waals surface area (Å²) in [5.41, 5.74) is 2.01. The van der Waals surface area contributed by atoms with Crippen molar-refractivity contribution in [1.82, 2.24) is 20.1 Å². The van der Waals surface area contributed by atoms with Crippen LogP contribution in [0.25, 0.3) is 0 Å². The van der Waals surface area contributed by atoms with Gasteiger partial charge in [-0.2, -0.15) is 5.10 Å². The van der Waals surface area contributed by atoms with Gasteiger partial charge in [0.1, 0.15) is 0 Å². The van der Waals surface area contributed by atoms with Crippen molar-refractivity contribution in [1.29, 1.82) is 0 Å². The van der Waals surface area contributed by atoms with Crippen LogP contribution in [0.15, 0.2) is 30.7 Å². The van der Waals surface area contributed by atoms with E-state index in [1.54, 1.807) is 19.5 Å². The van der Waals surface area contributed by atoms with E-state index in [1.807, 2.05) is 23.0 Å². The smallest absolute Gasteiger partial charge is 0.0762 e. The van der Waals surface area contributed by atoms with Crippen molar-refractivity contribution >= 4 is 11.6 Å². The zero-order valence-electron chi connectivity index (χ0n) is 10.8. The van der Waals surface area contributed by atoms with E-state index in [-0.39, 0.29) is 0 Å². The Morgan fingerprint density at radius 2 is 2.32 bits per heavy atom. The van der Waals surface area contributed by atoms with Gasteiger partial charge in [0, 0.05) is 38.8 Å². The van der Waals surface area contributed by atoms with Crippen LogP contribution in [0.3, 0.4) is 0 Å². The first kappa shape index (κ1) is 14.0. The molecule has 102 valence electrons. The zero-order valence-corrected chi connectivity index (χ0v) is 11.6. The van der Waals surface area contributed by atoms with E-state index in [9.17, 15) is 0 Å². The molecule has 0 saturated heterocycles. The Hall–Kier alpha value is -1.43. The molecule has 0 atom stereocenters. The maximum atomic E-state index is 6.07. The molecule has 6 heteroatoms. The normalized spacial score (nSPS) is 10.8. The van der Waals surface area contributed by atoms with Crippen LogP contribution in [-0.2, 0) is 17.8 Å². The van der Waals surface area contributed by atoms with Gasteiger partial charge in [-0.15, -0.1) is 0 Å². The third-order valence-electron chi connectivity index (χ3n) is 2.67. The van der Waals surface area contributed by atoms with Gasteiger partial charge < -0.3 is 10.1 Å². The quantitative estimate of drug-likeness (QED) is 0.785. The number of rotatable bonds is 7. The van der Waals surface area contributed by atoms with Crippen molar-refractivity contribution in [2.45, 2.75) is 13.1 Å². The Bertz CT molecular complexity index is 515. The van der Waals surface area contributed by atoms with Crippen LogP contribution in [-0.4, -0.2) is 35.0 Å². The highest BCUT2D eigenvalue weighted by molar-refractivity contribution is 6.31. The number of nitrogens with one attached hydrogen (secondary N) is 1. The maximum absolute atomic E-state index is 6.07. The molecule has 19 heavy (non-hydrogen) atoms. The Morgan fingerprint density at radius 1 is 1.42 bits per heavy atom. The zero-order chi connectivity index (χ0) is 13.5. The summed E-state index contributed by atoms with van der Waals surface area (Å²) >= 11 is 6.07. The van der Waals surface area contributed by atoms with Crippen LogP contribution >= 0.6 is 11.6 Å². The van der Waals surface area contributed by atoms with Crippen LogP contribution in [0.5, 0.6) is 0 Å². The molecule has 0 aliphatic rings. The van der Waals surface area contributed by atoms with Gasteiger partial charge in [-0.3, -0.25) is 9.67 Å². The molecule has 0 aliphatic carbocycles. The van der Waals surface area contributed by atoms with Gasteiger partial charge >= 0.3 is 0 Å². The molecule has 0 aliphatic heterocycles. The Labute approximate surface area is 117 Å². The lowest BCUT2D eigenvalue weighted by atomic mass is 10.3. The summed E-state index contributed by atoms with van der Waals surface area (Å²) < 4.78 is 6.84. The van der Waals surface area contributed by atoms with E-state index >= 15 is 0 Å². The molecule has 0 amide bonds. The number of aromatic nitrogens is 3. The first-order chi connectivity index (χ1) is 9.29. The summed E-state index contributed by atoms with van der Waals surface area (Å²) in [6, 6.07) is 3.90. The molecule has 0 fully saturated rings. The molecule has 5 nitrogen and oxygen atoms in total. The molecule has 0 radical (unpaired) electrons. The average Bonchev–Trinajstić information content (AvgIpc) is 2.85. The van der Waals surface area contributed by atoms with E-state index in [1.165, 1.54) is 0 Å². The van der Waals surface area contributed by atoms with E-state index < -0.39 is 0 Å². The Kier molecular flexibility index (Phi) is 5.32. The second-order valence-electron chi connectivity index (χ2n) is 4.14. The molecule has 0 aromatic carbocycles. The molecule has 0 bridgehead atoms. The third-order valence-corrected chi connectivity index (χ3v) is 3.01. The molecule has 0 saturated carbocycles. The van der Waals surface area contributed by atoms with Gasteiger partial charge in [0.15, 0.2) is 0 Å². The summed E-state index contributed by atoms with van der Waals surface area (Å²) in [7, 11) is 1.69. The monoisotopic (exact) mass is 280 g/mol. The predicted octanol–water partition coefficient (Wildman–Crippen LogP) is 1.72. The highest BCUT2D eigenvalue weighted by Crippen LogP contribution is 2.14. The highest BCUT2D eigenvalue weighted by Gasteiger charge is 2.03. The van der Waals surface area contributed by atoms with Gasteiger partial charge in [0.05, 0.1) is 23.9 Å².